The molecular weight excluding hydrogens is 326 g/mol. The summed E-state index contributed by atoms with van der Waals surface area (Å²) in [4.78, 5) is 4.47. The number of hydrogen-bond acceptors (Lipinski definition) is 6. The monoisotopic (exact) mass is 349 g/mol. The fourth-order valence-corrected chi connectivity index (χ4v) is 2.62. The Morgan fingerprint density at radius 2 is 1.88 bits per heavy atom. The summed E-state index contributed by atoms with van der Waals surface area (Å²) in [5.41, 5.74) is 4.61. The van der Waals surface area contributed by atoms with Gasteiger partial charge >= 0.3 is 0 Å². The van der Waals surface area contributed by atoms with Crippen LogP contribution in [0, 0.1) is 13.8 Å². The lowest BCUT2D eigenvalue weighted by Crippen LogP contribution is -2.10. The van der Waals surface area contributed by atoms with E-state index in [0.29, 0.717) is 18.3 Å². The third-order valence-electron chi connectivity index (χ3n) is 4.21. The van der Waals surface area contributed by atoms with Crippen LogP contribution in [-0.2, 0) is 6.42 Å². The van der Waals surface area contributed by atoms with Crippen LogP contribution in [0.4, 0.5) is 17.5 Å². The van der Waals surface area contributed by atoms with Crippen LogP contribution < -0.4 is 15.4 Å². The van der Waals surface area contributed by atoms with Crippen molar-refractivity contribution >= 4 is 17.5 Å². The van der Waals surface area contributed by atoms with Crippen molar-refractivity contribution in [3.8, 4) is 5.75 Å². The van der Waals surface area contributed by atoms with Crippen LogP contribution in [0.3, 0.4) is 0 Å². The fourth-order valence-electron chi connectivity index (χ4n) is 2.62. The molecule has 26 heavy (non-hydrogen) atoms. The highest BCUT2D eigenvalue weighted by molar-refractivity contribution is 5.58. The molecule has 0 aliphatic rings. The average Bonchev–Trinajstić information content (AvgIpc) is 2.65. The van der Waals surface area contributed by atoms with E-state index in [9.17, 15) is 0 Å². The number of para-hydroxylation sites is 1. The Morgan fingerprint density at radius 3 is 2.69 bits per heavy atom. The van der Waals surface area contributed by atoms with E-state index >= 15 is 0 Å². The molecule has 2 aromatic carbocycles. The van der Waals surface area contributed by atoms with Crippen molar-refractivity contribution in [3.05, 3.63) is 65.4 Å². The van der Waals surface area contributed by atoms with Crippen LogP contribution in [0.5, 0.6) is 5.75 Å². The number of methoxy groups -OCH3 is 1. The molecule has 1 aromatic heterocycles. The average molecular weight is 349 g/mol. The SMILES string of the molecule is COc1ccccc1CCNc1nncc(Nc2ccc(C)c(C)c2)n1. The third kappa shape index (κ3) is 4.47. The molecule has 3 rings (SSSR count). The van der Waals surface area contributed by atoms with E-state index in [1.165, 1.54) is 11.1 Å². The lowest BCUT2D eigenvalue weighted by Gasteiger charge is -2.10. The van der Waals surface area contributed by atoms with Gasteiger partial charge in [-0.05, 0) is 55.2 Å². The number of aryl methyl sites for hydroxylation is 2. The van der Waals surface area contributed by atoms with Crippen molar-refractivity contribution in [2.24, 2.45) is 0 Å². The van der Waals surface area contributed by atoms with Crippen LogP contribution in [0.15, 0.2) is 48.7 Å². The summed E-state index contributed by atoms with van der Waals surface area (Å²) in [5, 5.41) is 14.5. The molecule has 0 unspecified atom stereocenters. The van der Waals surface area contributed by atoms with E-state index < -0.39 is 0 Å². The molecule has 6 nitrogen and oxygen atoms in total. The quantitative estimate of drug-likeness (QED) is 0.674. The van der Waals surface area contributed by atoms with Crippen LogP contribution in [-0.4, -0.2) is 28.8 Å². The Kier molecular flexibility index (Phi) is 5.63. The first-order valence-electron chi connectivity index (χ1n) is 8.55. The highest BCUT2D eigenvalue weighted by atomic mass is 16.5. The zero-order valence-corrected chi connectivity index (χ0v) is 15.3. The summed E-state index contributed by atoms with van der Waals surface area (Å²) in [7, 11) is 1.68. The molecular formula is C20H23N5O. The van der Waals surface area contributed by atoms with Crippen LogP contribution >= 0.6 is 0 Å². The standard InChI is InChI=1S/C20H23N5O/c1-14-8-9-17(12-15(14)2)23-19-13-22-25-20(24-19)21-11-10-16-6-4-5-7-18(16)26-3/h4-9,12-13H,10-11H2,1-3H3,(H2,21,23,24,25). The summed E-state index contributed by atoms with van der Waals surface area (Å²) in [6.07, 6.45) is 2.42. The summed E-state index contributed by atoms with van der Waals surface area (Å²) in [6, 6.07) is 14.2. The summed E-state index contributed by atoms with van der Waals surface area (Å²) >= 11 is 0. The first-order valence-corrected chi connectivity index (χ1v) is 8.55. The van der Waals surface area contributed by atoms with E-state index in [-0.39, 0.29) is 0 Å². The molecule has 134 valence electrons. The number of benzene rings is 2. The number of ether oxygens (including phenoxy) is 1. The van der Waals surface area contributed by atoms with Gasteiger partial charge in [-0.15, -0.1) is 5.10 Å². The predicted octanol–water partition coefficient (Wildman–Crippen LogP) is 3.90. The normalized spacial score (nSPS) is 10.4. The maximum atomic E-state index is 5.37. The van der Waals surface area contributed by atoms with Gasteiger partial charge in [-0.25, -0.2) is 0 Å². The maximum absolute atomic E-state index is 5.37. The Labute approximate surface area is 153 Å². The number of aromatic nitrogens is 3. The molecule has 0 atom stereocenters. The lowest BCUT2D eigenvalue weighted by molar-refractivity contribution is 0.410. The molecule has 0 aliphatic heterocycles. The highest BCUT2D eigenvalue weighted by Gasteiger charge is 2.04. The van der Waals surface area contributed by atoms with Crippen LogP contribution in [0.25, 0.3) is 0 Å². The number of rotatable bonds is 7. The van der Waals surface area contributed by atoms with Crippen molar-refractivity contribution in [1.82, 2.24) is 15.2 Å². The second-order valence-electron chi connectivity index (χ2n) is 6.08. The van der Waals surface area contributed by atoms with Gasteiger partial charge in [0, 0.05) is 12.2 Å². The van der Waals surface area contributed by atoms with Gasteiger partial charge in [-0.1, -0.05) is 24.3 Å². The summed E-state index contributed by atoms with van der Waals surface area (Å²) < 4.78 is 5.37. The molecule has 0 spiro atoms. The van der Waals surface area contributed by atoms with Gasteiger partial charge in [0.1, 0.15) is 5.75 Å². The lowest BCUT2D eigenvalue weighted by atomic mass is 10.1. The first kappa shape index (κ1) is 17.7. The van der Waals surface area contributed by atoms with Gasteiger partial charge in [-0.3, -0.25) is 0 Å². The number of hydrogen-bond donors (Lipinski definition) is 2. The Bertz CT molecular complexity index is 882. The molecule has 2 N–H and O–H groups in total. The number of nitrogens with zero attached hydrogens (tertiary/aromatic N) is 3. The minimum Gasteiger partial charge on any atom is -0.496 e. The largest absolute Gasteiger partial charge is 0.496 e. The molecule has 3 aromatic rings. The molecule has 0 amide bonds. The van der Waals surface area contributed by atoms with Crippen molar-refractivity contribution < 1.29 is 4.74 Å². The summed E-state index contributed by atoms with van der Waals surface area (Å²) in [6.45, 7) is 4.87. The Balaban J connectivity index is 1.61. The summed E-state index contributed by atoms with van der Waals surface area (Å²) in [5.74, 6) is 2.04. The van der Waals surface area contributed by atoms with Crippen molar-refractivity contribution in [2.45, 2.75) is 20.3 Å². The van der Waals surface area contributed by atoms with E-state index in [1.54, 1.807) is 13.3 Å². The van der Waals surface area contributed by atoms with Gasteiger partial charge in [0.15, 0.2) is 5.82 Å². The molecule has 0 radical (unpaired) electrons. The predicted molar refractivity (Wildman–Crippen MR) is 104 cm³/mol. The van der Waals surface area contributed by atoms with Crippen LogP contribution in [0.1, 0.15) is 16.7 Å². The van der Waals surface area contributed by atoms with Gasteiger partial charge in [0.25, 0.3) is 0 Å². The van der Waals surface area contributed by atoms with Gasteiger partial charge in [0.05, 0.1) is 13.3 Å². The zero-order valence-electron chi connectivity index (χ0n) is 15.3. The van der Waals surface area contributed by atoms with Gasteiger partial charge in [-0.2, -0.15) is 10.1 Å². The van der Waals surface area contributed by atoms with E-state index in [4.69, 9.17) is 4.74 Å². The van der Waals surface area contributed by atoms with Crippen molar-refractivity contribution in [2.75, 3.05) is 24.3 Å². The zero-order chi connectivity index (χ0) is 18.4. The fraction of sp³-hybridized carbons (Fsp3) is 0.250. The second-order valence-corrected chi connectivity index (χ2v) is 6.08. The molecule has 0 fully saturated rings. The highest BCUT2D eigenvalue weighted by Crippen LogP contribution is 2.19. The van der Waals surface area contributed by atoms with E-state index in [0.717, 1.165) is 23.4 Å². The molecule has 0 aliphatic carbocycles. The Hall–Kier alpha value is -3.15. The minimum absolute atomic E-state index is 0.494. The smallest absolute Gasteiger partial charge is 0.244 e. The van der Waals surface area contributed by atoms with E-state index in [2.05, 4.69) is 57.9 Å². The Morgan fingerprint density at radius 1 is 1.04 bits per heavy atom. The number of nitrogens with one attached hydrogen (secondary N) is 2. The first-order chi connectivity index (χ1) is 12.7. The molecule has 0 bridgehead atoms. The molecule has 1 heterocycles. The molecule has 0 saturated heterocycles. The van der Waals surface area contributed by atoms with Crippen LogP contribution in [0.2, 0.25) is 0 Å². The number of anilines is 3. The minimum atomic E-state index is 0.494. The van der Waals surface area contributed by atoms with Gasteiger partial charge in [0.2, 0.25) is 5.95 Å². The molecule has 0 saturated carbocycles. The maximum Gasteiger partial charge on any atom is 0.244 e. The molecule has 6 heteroatoms. The van der Waals surface area contributed by atoms with Gasteiger partial charge < -0.3 is 15.4 Å². The van der Waals surface area contributed by atoms with Crippen molar-refractivity contribution in [3.63, 3.8) is 0 Å². The second kappa shape index (κ2) is 8.29. The van der Waals surface area contributed by atoms with E-state index in [1.807, 2.05) is 24.3 Å². The topological polar surface area (TPSA) is 72.0 Å². The third-order valence-corrected chi connectivity index (χ3v) is 4.21. The van der Waals surface area contributed by atoms with Crippen molar-refractivity contribution in [1.29, 1.82) is 0 Å².